The van der Waals surface area contributed by atoms with Gasteiger partial charge in [-0.2, -0.15) is 0 Å². The van der Waals surface area contributed by atoms with E-state index < -0.39 is 24.3 Å². The predicted octanol–water partition coefficient (Wildman–Crippen LogP) is 4.21. The number of carbonyl (C=O) groups excluding carboxylic acids is 2. The zero-order chi connectivity index (χ0) is 30.9. The molecule has 0 unspecified atom stereocenters. The summed E-state index contributed by atoms with van der Waals surface area (Å²) < 4.78 is 23.6. The molecule has 10 heteroatoms. The monoisotopic (exact) mass is 603 g/mol. The first-order valence-electron chi connectivity index (χ1n) is 15.0. The van der Waals surface area contributed by atoms with Crippen LogP contribution in [0.4, 0.5) is 10.5 Å². The summed E-state index contributed by atoms with van der Waals surface area (Å²) in [5.41, 5.74) is 4.04. The summed E-state index contributed by atoms with van der Waals surface area (Å²) in [6, 6.07) is 23.2. The Morgan fingerprint density at radius 1 is 0.955 bits per heavy atom. The van der Waals surface area contributed by atoms with Crippen LogP contribution in [0.25, 0.3) is 0 Å². The fraction of sp³-hybridized carbons (Fsp3) is 0.412. The highest BCUT2D eigenvalue weighted by Gasteiger charge is 2.39. The zero-order valence-electron chi connectivity index (χ0n) is 25.2. The van der Waals surface area contributed by atoms with Gasteiger partial charge in [0.1, 0.15) is 6.04 Å². The molecule has 2 amide bonds. The van der Waals surface area contributed by atoms with Crippen LogP contribution in [-0.4, -0.2) is 74.1 Å². The molecule has 0 radical (unpaired) electrons. The summed E-state index contributed by atoms with van der Waals surface area (Å²) in [5, 5.41) is 15.1. The summed E-state index contributed by atoms with van der Waals surface area (Å²) in [5.74, 6) is -0.471. The smallest absolute Gasteiger partial charge is 0.328 e. The number of anilines is 1. The van der Waals surface area contributed by atoms with E-state index in [1.54, 1.807) is 6.07 Å². The normalized spacial score (nSPS) is 23.0. The molecule has 3 N–H and O–H groups in total. The minimum absolute atomic E-state index is 0.0211. The number of esters is 1. The molecule has 44 heavy (non-hydrogen) atoms. The summed E-state index contributed by atoms with van der Waals surface area (Å²) in [7, 11) is 1.30. The van der Waals surface area contributed by atoms with Gasteiger partial charge in [-0.25, -0.2) is 9.59 Å². The second-order valence-corrected chi connectivity index (χ2v) is 11.2. The van der Waals surface area contributed by atoms with E-state index >= 15 is 0 Å². The Hall–Kier alpha value is -3.80. The predicted molar refractivity (Wildman–Crippen MR) is 165 cm³/mol. The number of ether oxygens (including phenoxy) is 4. The lowest BCUT2D eigenvalue weighted by atomic mass is 9.90. The lowest BCUT2D eigenvalue weighted by Gasteiger charge is -2.43. The van der Waals surface area contributed by atoms with E-state index in [9.17, 15) is 14.7 Å². The Labute approximate surface area is 258 Å². The number of urea groups is 1. The maximum absolute atomic E-state index is 13.0. The van der Waals surface area contributed by atoms with E-state index in [-0.39, 0.29) is 24.7 Å². The molecular formula is C34H41N3O7. The van der Waals surface area contributed by atoms with E-state index in [0.29, 0.717) is 25.3 Å². The minimum atomic E-state index is -0.851. The first-order chi connectivity index (χ1) is 21.4. The van der Waals surface area contributed by atoms with Crippen molar-refractivity contribution in [2.24, 2.45) is 5.92 Å². The number of rotatable bonds is 10. The van der Waals surface area contributed by atoms with Crippen LogP contribution < -0.4 is 10.6 Å². The third-order valence-corrected chi connectivity index (χ3v) is 8.16. The van der Waals surface area contributed by atoms with E-state index in [1.165, 1.54) is 7.11 Å². The molecule has 0 bridgehead atoms. The summed E-state index contributed by atoms with van der Waals surface area (Å²) in [6.45, 7) is 5.95. The second kappa shape index (κ2) is 15.3. The van der Waals surface area contributed by atoms with Crippen LogP contribution >= 0.6 is 0 Å². The molecule has 2 aliphatic heterocycles. The molecule has 2 heterocycles. The van der Waals surface area contributed by atoms with E-state index in [0.717, 1.165) is 41.9 Å². The van der Waals surface area contributed by atoms with Gasteiger partial charge >= 0.3 is 12.0 Å². The van der Waals surface area contributed by atoms with Crippen LogP contribution in [0.3, 0.4) is 0 Å². The Morgan fingerprint density at radius 2 is 1.70 bits per heavy atom. The molecule has 5 rings (SSSR count). The number of aliphatic hydroxyl groups is 1. The van der Waals surface area contributed by atoms with Crippen molar-refractivity contribution in [2.45, 2.75) is 44.5 Å². The third kappa shape index (κ3) is 8.22. The number of amides is 2. The first-order valence-corrected chi connectivity index (χ1v) is 15.0. The molecule has 0 spiro atoms. The van der Waals surface area contributed by atoms with Crippen LogP contribution in [0.1, 0.15) is 41.6 Å². The maximum Gasteiger partial charge on any atom is 0.328 e. The van der Waals surface area contributed by atoms with E-state index in [4.69, 9.17) is 18.9 Å². The van der Waals surface area contributed by atoms with Crippen molar-refractivity contribution in [1.82, 2.24) is 10.2 Å². The van der Waals surface area contributed by atoms with Crippen molar-refractivity contribution < 1.29 is 33.6 Å². The molecule has 10 nitrogen and oxygen atoms in total. The molecule has 5 atom stereocenters. The van der Waals surface area contributed by atoms with Gasteiger partial charge in [-0.3, -0.25) is 4.90 Å². The quantitative estimate of drug-likeness (QED) is 0.295. The van der Waals surface area contributed by atoms with Crippen LogP contribution in [-0.2, 0) is 36.8 Å². The number of benzene rings is 3. The van der Waals surface area contributed by atoms with Gasteiger partial charge in [0.05, 0.1) is 39.1 Å². The highest BCUT2D eigenvalue weighted by atomic mass is 16.7. The Bertz CT molecular complexity index is 1360. The van der Waals surface area contributed by atoms with Crippen molar-refractivity contribution in [3.8, 4) is 0 Å². The number of morpholine rings is 1. The van der Waals surface area contributed by atoms with Crippen LogP contribution in [0, 0.1) is 5.92 Å². The molecule has 2 fully saturated rings. The van der Waals surface area contributed by atoms with Crippen molar-refractivity contribution in [2.75, 3.05) is 45.3 Å². The lowest BCUT2D eigenvalue weighted by molar-refractivity contribution is -0.277. The summed E-state index contributed by atoms with van der Waals surface area (Å²) in [4.78, 5) is 27.8. The molecule has 0 aromatic heterocycles. The molecule has 2 aliphatic rings. The highest BCUT2D eigenvalue weighted by Crippen LogP contribution is 2.42. The number of carbonyl (C=O) groups is 2. The molecule has 0 saturated carbocycles. The van der Waals surface area contributed by atoms with Gasteiger partial charge in [0, 0.05) is 43.2 Å². The van der Waals surface area contributed by atoms with Crippen molar-refractivity contribution in [3.05, 3.63) is 101 Å². The van der Waals surface area contributed by atoms with Gasteiger partial charge in [-0.1, -0.05) is 73.7 Å². The SMILES string of the molecule is COC(=O)[C@H](Cc1ccccc1)NC(=O)Nc1cccc([C@@H]2O[C@H](CN3CCOCC3)[C@H](C)[C@H](c3ccc(CO)cc3)O2)c1. The maximum atomic E-state index is 13.0. The van der Waals surface area contributed by atoms with E-state index in [1.807, 2.05) is 72.8 Å². The fourth-order valence-corrected chi connectivity index (χ4v) is 5.64. The van der Waals surface area contributed by atoms with Crippen molar-refractivity contribution in [1.29, 1.82) is 0 Å². The molecule has 0 aliphatic carbocycles. The Kier molecular flexibility index (Phi) is 11.0. The van der Waals surface area contributed by atoms with Gasteiger partial charge in [0.2, 0.25) is 0 Å². The van der Waals surface area contributed by atoms with Crippen LogP contribution in [0.15, 0.2) is 78.9 Å². The van der Waals surface area contributed by atoms with Crippen molar-refractivity contribution in [3.63, 3.8) is 0 Å². The average molecular weight is 604 g/mol. The van der Waals surface area contributed by atoms with E-state index in [2.05, 4.69) is 22.5 Å². The number of aliphatic hydroxyl groups excluding tert-OH is 1. The number of hydrogen-bond acceptors (Lipinski definition) is 8. The number of methoxy groups -OCH3 is 1. The summed E-state index contributed by atoms with van der Waals surface area (Å²) >= 11 is 0. The fourth-order valence-electron chi connectivity index (χ4n) is 5.64. The van der Waals surface area contributed by atoms with Gasteiger partial charge in [-0.15, -0.1) is 0 Å². The Balaban J connectivity index is 1.31. The number of nitrogens with zero attached hydrogens (tertiary/aromatic N) is 1. The largest absolute Gasteiger partial charge is 0.467 e. The Morgan fingerprint density at radius 3 is 2.41 bits per heavy atom. The van der Waals surface area contributed by atoms with Crippen LogP contribution in [0.5, 0.6) is 0 Å². The first kappa shape index (κ1) is 31.6. The minimum Gasteiger partial charge on any atom is -0.467 e. The molecule has 234 valence electrons. The lowest BCUT2D eigenvalue weighted by Crippen LogP contribution is -2.47. The average Bonchev–Trinajstić information content (AvgIpc) is 3.06. The van der Waals surface area contributed by atoms with Gasteiger partial charge in [0.15, 0.2) is 6.29 Å². The van der Waals surface area contributed by atoms with Gasteiger partial charge in [-0.05, 0) is 28.8 Å². The zero-order valence-corrected chi connectivity index (χ0v) is 25.2. The van der Waals surface area contributed by atoms with Crippen molar-refractivity contribution >= 4 is 17.7 Å². The number of nitrogens with one attached hydrogen (secondary N) is 2. The van der Waals surface area contributed by atoms with Gasteiger partial charge in [0.25, 0.3) is 0 Å². The topological polar surface area (TPSA) is 119 Å². The molecule has 2 saturated heterocycles. The second-order valence-electron chi connectivity index (χ2n) is 11.2. The molecule has 3 aromatic carbocycles. The van der Waals surface area contributed by atoms with Crippen LogP contribution in [0.2, 0.25) is 0 Å². The van der Waals surface area contributed by atoms with Gasteiger partial charge < -0.3 is 34.7 Å². The molecular weight excluding hydrogens is 562 g/mol. The molecule has 3 aromatic rings. The standard InChI is InChI=1S/C34H41N3O7/c1-23-30(21-37-15-17-42-18-16-37)43-33(44-31(23)26-13-11-25(22-38)12-14-26)27-9-6-10-28(20-27)35-34(40)36-29(32(39)41-2)19-24-7-4-3-5-8-24/h3-14,20,23,29-31,33,38H,15-19,21-22H2,1-2H3,(H2,35,36,40)/t23-,29-,30+,31+,33+/m0/s1. The number of hydrogen-bond donors (Lipinski definition) is 3. The third-order valence-electron chi connectivity index (χ3n) is 8.16. The highest BCUT2D eigenvalue weighted by molar-refractivity contribution is 5.92. The summed E-state index contributed by atoms with van der Waals surface area (Å²) in [6.07, 6.45) is -0.738.